The van der Waals surface area contributed by atoms with Crippen molar-refractivity contribution in [3.63, 3.8) is 0 Å². The third-order valence-electron chi connectivity index (χ3n) is 2.65. The van der Waals surface area contributed by atoms with Crippen LogP contribution in [0.5, 0.6) is 11.5 Å². The van der Waals surface area contributed by atoms with E-state index in [4.69, 9.17) is 20.2 Å². The summed E-state index contributed by atoms with van der Waals surface area (Å²) in [5.41, 5.74) is 2.18. The van der Waals surface area contributed by atoms with Crippen molar-refractivity contribution in [1.82, 2.24) is 0 Å². The molecule has 0 saturated carbocycles. The molecule has 1 aromatic rings. The lowest BCUT2D eigenvalue weighted by Gasteiger charge is -2.24. The van der Waals surface area contributed by atoms with Crippen LogP contribution in [0.3, 0.4) is 0 Å². The quantitative estimate of drug-likeness (QED) is 0.796. The van der Waals surface area contributed by atoms with Crippen molar-refractivity contribution in [2.24, 2.45) is 5.90 Å². The van der Waals surface area contributed by atoms with Gasteiger partial charge >= 0.3 is 0 Å². The van der Waals surface area contributed by atoms with E-state index < -0.39 is 0 Å². The predicted molar refractivity (Wildman–Crippen MR) is 60.5 cm³/mol. The van der Waals surface area contributed by atoms with Gasteiger partial charge in [0.25, 0.3) is 0 Å². The van der Waals surface area contributed by atoms with E-state index in [1.807, 2.05) is 12.1 Å². The standard InChI is InChI=1S/C12H17NO3/c1-8(2)11-9(7-16-13)3-4-10-12(11)15-6-5-14-10/h3-4,8H,5-7,13H2,1-2H3. The Hall–Kier alpha value is -1.26. The van der Waals surface area contributed by atoms with Crippen LogP contribution in [0.2, 0.25) is 0 Å². The molecule has 0 radical (unpaired) electrons. The number of fused-ring (bicyclic) bond motifs is 1. The normalized spacial score (nSPS) is 14.2. The van der Waals surface area contributed by atoms with Gasteiger partial charge in [-0.05, 0) is 17.5 Å². The molecule has 1 aliphatic heterocycles. The summed E-state index contributed by atoms with van der Waals surface area (Å²) < 4.78 is 11.2. The molecule has 1 heterocycles. The minimum Gasteiger partial charge on any atom is -0.486 e. The topological polar surface area (TPSA) is 53.7 Å². The Balaban J connectivity index is 2.48. The Bertz CT molecular complexity index is 377. The smallest absolute Gasteiger partial charge is 0.165 e. The summed E-state index contributed by atoms with van der Waals surface area (Å²) in [5.74, 6) is 7.14. The molecule has 1 aliphatic rings. The molecular formula is C12H17NO3. The summed E-state index contributed by atoms with van der Waals surface area (Å²) in [6.07, 6.45) is 0. The SMILES string of the molecule is CC(C)c1c(CON)ccc2c1OCCO2. The van der Waals surface area contributed by atoms with Crippen LogP contribution in [-0.4, -0.2) is 13.2 Å². The van der Waals surface area contributed by atoms with E-state index >= 15 is 0 Å². The molecule has 0 aromatic heterocycles. The highest BCUT2D eigenvalue weighted by molar-refractivity contribution is 5.52. The van der Waals surface area contributed by atoms with Gasteiger partial charge in [-0.25, -0.2) is 5.90 Å². The maximum absolute atomic E-state index is 5.68. The van der Waals surface area contributed by atoms with E-state index in [1.165, 1.54) is 0 Å². The zero-order valence-corrected chi connectivity index (χ0v) is 9.66. The van der Waals surface area contributed by atoms with E-state index in [0.717, 1.165) is 22.6 Å². The van der Waals surface area contributed by atoms with Crippen LogP contribution < -0.4 is 15.4 Å². The van der Waals surface area contributed by atoms with Crippen molar-refractivity contribution in [3.05, 3.63) is 23.3 Å². The average molecular weight is 223 g/mol. The van der Waals surface area contributed by atoms with E-state index in [9.17, 15) is 0 Å². The van der Waals surface area contributed by atoms with Crippen molar-refractivity contribution in [1.29, 1.82) is 0 Å². The van der Waals surface area contributed by atoms with E-state index in [-0.39, 0.29) is 0 Å². The summed E-state index contributed by atoms with van der Waals surface area (Å²) in [4.78, 5) is 4.71. The maximum atomic E-state index is 5.68. The first-order valence-electron chi connectivity index (χ1n) is 5.47. The summed E-state index contributed by atoms with van der Waals surface area (Å²) in [7, 11) is 0. The van der Waals surface area contributed by atoms with Gasteiger partial charge in [0.1, 0.15) is 13.2 Å². The minimum absolute atomic E-state index is 0.349. The van der Waals surface area contributed by atoms with Gasteiger partial charge in [0, 0.05) is 5.56 Å². The van der Waals surface area contributed by atoms with Crippen LogP contribution in [0.1, 0.15) is 30.9 Å². The lowest BCUT2D eigenvalue weighted by molar-refractivity contribution is 0.122. The van der Waals surface area contributed by atoms with E-state index in [0.29, 0.717) is 25.7 Å². The Morgan fingerprint density at radius 2 is 2.06 bits per heavy atom. The van der Waals surface area contributed by atoms with E-state index in [1.54, 1.807) is 0 Å². The van der Waals surface area contributed by atoms with Gasteiger partial charge in [0.15, 0.2) is 11.5 Å². The van der Waals surface area contributed by atoms with Crippen LogP contribution in [0, 0.1) is 0 Å². The molecular weight excluding hydrogens is 206 g/mol. The van der Waals surface area contributed by atoms with Crippen LogP contribution in [-0.2, 0) is 11.4 Å². The second-order valence-corrected chi connectivity index (χ2v) is 4.13. The first kappa shape index (κ1) is 11.2. The summed E-state index contributed by atoms with van der Waals surface area (Å²) in [6.45, 7) is 5.84. The molecule has 88 valence electrons. The highest BCUT2D eigenvalue weighted by atomic mass is 16.6. The fourth-order valence-electron chi connectivity index (χ4n) is 2.03. The molecule has 1 aromatic carbocycles. The molecule has 16 heavy (non-hydrogen) atoms. The Labute approximate surface area is 95.2 Å². The summed E-state index contributed by atoms with van der Waals surface area (Å²) in [5, 5.41) is 0. The number of hydrogen-bond donors (Lipinski definition) is 1. The summed E-state index contributed by atoms with van der Waals surface area (Å²) >= 11 is 0. The lowest BCUT2D eigenvalue weighted by atomic mass is 9.95. The highest BCUT2D eigenvalue weighted by Crippen LogP contribution is 2.40. The van der Waals surface area contributed by atoms with Gasteiger partial charge in [-0.1, -0.05) is 19.9 Å². The van der Waals surface area contributed by atoms with Gasteiger partial charge in [-0.3, -0.25) is 4.84 Å². The third-order valence-corrected chi connectivity index (χ3v) is 2.65. The minimum atomic E-state index is 0.349. The molecule has 0 amide bonds. The van der Waals surface area contributed by atoms with Crippen molar-refractivity contribution in [2.45, 2.75) is 26.4 Å². The maximum Gasteiger partial charge on any atom is 0.165 e. The molecule has 0 saturated heterocycles. The third kappa shape index (κ3) is 1.99. The van der Waals surface area contributed by atoms with Crippen molar-refractivity contribution in [2.75, 3.05) is 13.2 Å². The molecule has 4 nitrogen and oxygen atoms in total. The monoisotopic (exact) mass is 223 g/mol. The molecule has 0 aliphatic carbocycles. The number of benzene rings is 1. The number of nitrogens with two attached hydrogens (primary N) is 1. The predicted octanol–water partition coefficient (Wildman–Crippen LogP) is 1.97. The fourth-order valence-corrected chi connectivity index (χ4v) is 2.03. The molecule has 0 fully saturated rings. The molecule has 0 unspecified atom stereocenters. The van der Waals surface area contributed by atoms with Gasteiger partial charge < -0.3 is 9.47 Å². The zero-order valence-electron chi connectivity index (χ0n) is 9.66. The second kappa shape index (κ2) is 4.72. The number of hydrogen-bond acceptors (Lipinski definition) is 4. The van der Waals surface area contributed by atoms with Crippen molar-refractivity contribution in [3.8, 4) is 11.5 Å². The largest absolute Gasteiger partial charge is 0.486 e. The Morgan fingerprint density at radius 1 is 1.31 bits per heavy atom. The fraction of sp³-hybridized carbons (Fsp3) is 0.500. The average Bonchev–Trinajstić information content (AvgIpc) is 2.28. The van der Waals surface area contributed by atoms with Gasteiger partial charge in [0.05, 0.1) is 6.61 Å². The second-order valence-electron chi connectivity index (χ2n) is 4.13. The molecule has 2 rings (SSSR count). The number of rotatable bonds is 3. The lowest BCUT2D eigenvalue weighted by Crippen LogP contribution is -2.18. The molecule has 0 bridgehead atoms. The van der Waals surface area contributed by atoms with Crippen molar-refractivity contribution < 1.29 is 14.3 Å². The van der Waals surface area contributed by atoms with Crippen LogP contribution >= 0.6 is 0 Å². The first-order valence-corrected chi connectivity index (χ1v) is 5.47. The molecule has 0 atom stereocenters. The van der Waals surface area contributed by atoms with Crippen molar-refractivity contribution >= 4 is 0 Å². The summed E-state index contributed by atoms with van der Waals surface area (Å²) in [6, 6.07) is 3.89. The van der Waals surface area contributed by atoms with Gasteiger partial charge in [-0.2, -0.15) is 0 Å². The van der Waals surface area contributed by atoms with Gasteiger partial charge in [-0.15, -0.1) is 0 Å². The van der Waals surface area contributed by atoms with Gasteiger partial charge in [0.2, 0.25) is 0 Å². The van der Waals surface area contributed by atoms with E-state index in [2.05, 4.69) is 13.8 Å². The number of ether oxygens (including phenoxy) is 2. The Morgan fingerprint density at radius 3 is 2.75 bits per heavy atom. The molecule has 2 N–H and O–H groups in total. The van der Waals surface area contributed by atoms with Crippen LogP contribution in [0.4, 0.5) is 0 Å². The molecule has 0 spiro atoms. The van der Waals surface area contributed by atoms with Crippen LogP contribution in [0.25, 0.3) is 0 Å². The highest BCUT2D eigenvalue weighted by Gasteiger charge is 2.21. The first-order chi connectivity index (χ1) is 7.74. The zero-order chi connectivity index (χ0) is 11.5. The Kier molecular flexibility index (Phi) is 3.31. The van der Waals surface area contributed by atoms with Crippen LogP contribution in [0.15, 0.2) is 12.1 Å². The molecule has 4 heteroatoms.